The highest BCUT2D eigenvalue weighted by molar-refractivity contribution is 5.89. The van der Waals surface area contributed by atoms with E-state index in [0.717, 1.165) is 35.4 Å². The van der Waals surface area contributed by atoms with Crippen molar-refractivity contribution in [3.05, 3.63) is 59.9 Å². The average molecular weight is 352 g/mol. The standard InChI is InChI=1S/C20H24N4O2/c1-24-18-6-4-3-5-17(18)23-19(24)12-9-15-7-10-16(11-8-15)22-20(25)21-13-14-26-2/h3-8,10-11H,9,12-14H2,1-2H3,(H2,21,22,25). The molecule has 2 aromatic carbocycles. The monoisotopic (exact) mass is 352 g/mol. The van der Waals surface area contributed by atoms with Crippen molar-refractivity contribution >= 4 is 22.8 Å². The van der Waals surface area contributed by atoms with Crippen LogP contribution in [0, 0.1) is 0 Å². The van der Waals surface area contributed by atoms with Gasteiger partial charge in [-0.05, 0) is 36.2 Å². The number of aromatic nitrogens is 2. The number of methoxy groups -OCH3 is 1. The van der Waals surface area contributed by atoms with Gasteiger partial charge in [-0.2, -0.15) is 0 Å². The fraction of sp³-hybridized carbons (Fsp3) is 0.300. The zero-order chi connectivity index (χ0) is 18.4. The molecular formula is C20H24N4O2. The smallest absolute Gasteiger partial charge is 0.319 e. The molecule has 0 aliphatic rings. The lowest BCUT2D eigenvalue weighted by atomic mass is 10.1. The fourth-order valence-corrected chi connectivity index (χ4v) is 2.87. The Morgan fingerprint density at radius 3 is 2.62 bits per heavy atom. The maximum atomic E-state index is 11.7. The van der Waals surface area contributed by atoms with Gasteiger partial charge in [-0.1, -0.05) is 24.3 Å². The number of carbonyl (C=O) groups is 1. The third kappa shape index (κ3) is 4.40. The summed E-state index contributed by atoms with van der Waals surface area (Å²) in [6, 6.07) is 15.8. The first-order valence-electron chi connectivity index (χ1n) is 8.70. The summed E-state index contributed by atoms with van der Waals surface area (Å²) in [5.74, 6) is 1.07. The quantitative estimate of drug-likeness (QED) is 0.642. The molecule has 0 unspecified atom stereocenters. The lowest BCUT2D eigenvalue weighted by Gasteiger charge is -2.08. The van der Waals surface area contributed by atoms with Crippen LogP contribution in [0.25, 0.3) is 11.0 Å². The highest BCUT2D eigenvalue weighted by atomic mass is 16.5. The summed E-state index contributed by atoms with van der Waals surface area (Å²) in [5.41, 5.74) is 4.17. The van der Waals surface area contributed by atoms with E-state index >= 15 is 0 Å². The van der Waals surface area contributed by atoms with Gasteiger partial charge in [0.2, 0.25) is 0 Å². The van der Waals surface area contributed by atoms with E-state index in [9.17, 15) is 4.79 Å². The Morgan fingerprint density at radius 1 is 1.12 bits per heavy atom. The highest BCUT2D eigenvalue weighted by Crippen LogP contribution is 2.16. The third-order valence-corrected chi connectivity index (χ3v) is 4.32. The van der Waals surface area contributed by atoms with Gasteiger partial charge in [0.25, 0.3) is 0 Å². The first kappa shape index (κ1) is 17.9. The summed E-state index contributed by atoms with van der Waals surface area (Å²) in [6.07, 6.45) is 1.77. The molecule has 0 bridgehead atoms. The maximum absolute atomic E-state index is 11.7. The zero-order valence-electron chi connectivity index (χ0n) is 15.2. The molecule has 26 heavy (non-hydrogen) atoms. The average Bonchev–Trinajstić information content (AvgIpc) is 2.98. The summed E-state index contributed by atoms with van der Waals surface area (Å²) < 4.78 is 7.05. The van der Waals surface area contributed by atoms with E-state index in [0.29, 0.717) is 13.2 Å². The number of amides is 2. The van der Waals surface area contributed by atoms with Crippen molar-refractivity contribution in [1.29, 1.82) is 0 Å². The van der Waals surface area contributed by atoms with Crippen molar-refractivity contribution < 1.29 is 9.53 Å². The van der Waals surface area contributed by atoms with Gasteiger partial charge in [-0.3, -0.25) is 0 Å². The van der Waals surface area contributed by atoms with Crippen LogP contribution < -0.4 is 10.6 Å². The summed E-state index contributed by atoms with van der Waals surface area (Å²) in [4.78, 5) is 16.4. The molecule has 2 N–H and O–H groups in total. The van der Waals surface area contributed by atoms with Gasteiger partial charge in [0.1, 0.15) is 5.82 Å². The molecule has 0 aliphatic heterocycles. The van der Waals surface area contributed by atoms with E-state index in [1.165, 1.54) is 5.56 Å². The number of carbonyl (C=O) groups excluding carboxylic acids is 1. The predicted octanol–water partition coefficient (Wildman–Crippen LogP) is 3.13. The molecule has 6 heteroatoms. The molecule has 2 amide bonds. The highest BCUT2D eigenvalue weighted by Gasteiger charge is 2.07. The topological polar surface area (TPSA) is 68.2 Å². The molecule has 0 spiro atoms. The number of anilines is 1. The molecule has 0 radical (unpaired) electrons. The molecular weight excluding hydrogens is 328 g/mol. The summed E-state index contributed by atoms with van der Waals surface area (Å²) in [6.45, 7) is 0.979. The van der Waals surface area contributed by atoms with Gasteiger partial charge in [0.15, 0.2) is 0 Å². The lowest BCUT2D eigenvalue weighted by Crippen LogP contribution is -2.31. The molecule has 136 valence electrons. The Balaban J connectivity index is 1.55. The van der Waals surface area contributed by atoms with Crippen molar-refractivity contribution in [2.75, 3.05) is 25.6 Å². The molecule has 0 fully saturated rings. The van der Waals surface area contributed by atoms with E-state index < -0.39 is 0 Å². The van der Waals surface area contributed by atoms with Crippen LogP contribution in [0.3, 0.4) is 0 Å². The van der Waals surface area contributed by atoms with Crippen LogP contribution in [0.1, 0.15) is 11.4 Å². The number of aryl methyl sites for hydroxylation is 3. The number of ether oxygens (including phenoxy) is 1. The second-order valence-corrected chi connectivity index (χ2v) is 6.15. The number of nitrogens with one attached hydrogen (secondary N) is 2. The van der Waals surface area contributed by atoms with Gasteiger partial charge in [0, 0.05) is 32.8 Å². The van der Waals surface area contributed by atoms with Crippen LogP contribution in [-0.2, 0) is 24.6 Å². The van der Waals surface area contributed by atoms with Crippen LogP contribution in [0.5, 0.6) is 0 Å². The molecule has 0 atom stereocenters. The van der Waals surface area contributed by atoms with E-state index in [2.05, 4.69) is 28.3 Å². The van der Waals surface area contributed by atoms with E-state index in [4.69, 9.17) is 9.72 Å². The van der Waals surface area contributed by atoms with E-state index in [1.54, 1.807) is 7.11 Å². The van der Waals surface area contributed by atoms with Gasteiger partial charge in [0.05, 0.1) is 17.6 Å². The molecule has 1 aromatic heterocycles. The summed E-state index contributed by atoms with van der Waals surface area (Å²) in [7, 11) is 3.66. The minimum absolute atomic E-state index is 0.227. The van der Waals surface area contributed by atoms with Crippen LogP contribution in [0.15, 0.2) is 48.5 Å². The second kappa shape index (κ2) is 8.49. The number of rotatable bonds is 7. The Hall–Kier alpha value is -2.86. The maximum Gasteiger partial charge on any atom is 0.319 e. The van der Waals surface area contributed by atoms with Crippen LogP contribution in [0.4, 0.5) is 10.5 Å². The van der Waals surface area contributed by atoms with Crippen molar-refractivity contribution in [2.24, 2.45) is 7.05 Å². The van der Waals surface area contributed by atoms with Crippen molar-refractivity contribution in [2.45, 2.75) is 12.8 Å². The molecule has 0 saturated heterocycles. The molecule has 3 aromatic rings. The van der Waals surface area contributed by atoms with Crippen LogP contribution in [0.2, 0.25) is 0 Å². The van der Waals surface area contributed by atoms with Crippen LogP contribution >= 0.6 is 0 Å². The van der Waals surface area contributed by atoms with Gasteiger partial charge in [-0.15, -0.1) is 0 Å². The lowest BCUT2D eigenvalue weighted by molar-refractivity contribution is 0.198. The van der Waals surface area contributed by atoms with Gasteiger partial charge in [-0.25, -0.2) is 9.78 Å². The number of hydrogen-bond donors (Lipinski definition) is 2. The number of nitrogens with zero attached hydrogens (tertiary/aromatic N) is 2. The number of benzene rings is 2. The molecule has 0 saturated carbocycles. The summed E-state index contributed by atoms with van der Waals surface area (Å²) in [5, 5.41) is 5.53. The van der Waals surface area contributed by atoms with E-state index in [1.807, 2.05) is 42.5 Å². The molecule has 6 nitrogen and oxygen atoms in total. The van der Waals surface area contributed by atoms with Crippen molar-refractivity contribution in [3.63, 3.8) is 0 Å². The number of urea groups is 1. The van der Waals surface area contributed by atoms with Gasteiger partial charge < -0.3 is 19.9 Å². The first-order valence-corrected chi connectivity index (χ1v) is 8.70. The Morgan fingerprint density at radius 2 is 1.88 bits per heavy atom. The first-order chi connectivity index (χ1) is 12.7. The Labute approximate surface area is 153 Å². The Kier molecular flexibility index (Phi) is 5.86. The Bertz CT molecular complexity index is 871. The third-order valence-electron chi connectivity index (χ3n) is 4.32. The second-order valence-electron chi connectivity index (χ2n) is 6.15. The molecule has 0 aliphatic carbocycles. The van der Waals surface area contributed by atoms with Crippen LogP contribution in [-0.4, -0.2) is 35.8 Å². The predicted molar refractivity (Wildman–Crippen MR) is 103 cm³/mol. The number of para-hydroxylation sites is 2. The number of fused-ring (bicyclic) bond motifs is 1. The number of imidazole rings is 1. The van der Waals surface area contributed by atoms with Crippen molar-refractivity contribution in [1.82, 2.24) is 14.9 Å². The fourth-order valence-electron chi connectivity index (χ4n) is 2.87. The zero-order valence-corrected chi connectivity index (χ0v) is 15.2. The SMILES string of the molecule is COCCNC(=O)Nc1ccc(CCc2nc3ccccc3n2C)cc1. The van der Waals surface area contributed by atoms with E-state index in [-0.39, 0.29) is 6.03 Å². The molecule has 3 rings (SSSR count). The minimum Gasteiger partial charge on any atom is -0.383 e. The largest absolute Gasteiger partial charge is 0.383 e. The summed E-state index contributed by atoms with van der Waals surface area (Å²) >= 11 is 0. The number of hydrogen-bond acceptors (Lipinski definition) is 3. The minimum atomic E-state index is -0.227. The normalized spacial score (nSPS) is 10.8. The van der Waals surface area contributed by atoms with Crippen molar-refractivity contribution in [3.8, 4) is 0 Å². The molecule has 1 heterocycles. The van der Waals surface area contributed by atoms with Gasteiger partial charge >= 0.3 is 6.03 Å².